The molecule has 110 valence electrons. The van der Waals surface area contributed by atoms with Crippen LogP contribution in [0.1, 0.15) is 39.5 Å². The first kappa shape index (κ1) is 14.8. The van der Waals surface area contributed by atoms with Gasteiger partial charge in [0, 0.05) is 32.2 Å². The van der Waals surface area contributed by atoms with Crippen molar-refractivity contribution >= 4 is 5.97 Å². The van der Waals surface area contributed by atoms with Crippen LogP contribution in [0.2, 0.25) is 0 Å². The second-order valence-corrected chi connectivity index (χ2v) is 6.85. The van der Waals surface area contributed by atoms with Crippen molar-refractivity contribution in [3.8, 4) is 0 Å². The largest absolute Gasteiger partial charge is 0.481 e. The molecule has 1 heterocycles. The Morgan fingerprint density at radius 1 is 1.26 bits per heavy atom. The van der Waals surface area contributed by atoms with Crippen LogP contribution in [0.5, 0.6) is 0 Å². The Bertz CT molecular complexity index is 324. The van der Waals surface area contributed by atoms with Gasteiger partial charge in [-0.1, -0.05) is 6.92 Å². The molecule has 1 saturated carbocycles. The number of likely N-dealkylation sites (N-methyl/N-ethyl adjacent to an activating group) is 1. The summed E-state index contributed by atoms with van der Waals surface area (Å²) in [7, 11) is 2.14. The molecule has 1 saturated heterocycles. The Morgan fingerprint density at radius 2 is 1.89 bits per heavy atom. The number of carboxylic acid groups (broad SMARTS) is 1. The topological polar surface area (TPSA) is 43.8 Å². The van der Waals surface area contributed by atoms with Gasteiger partial charge in [-0.3, -0.25) is 9.69 Å². The summed E-state index contributed by atoms with van der Waals surface area (Å²) in [5.41, 5.74) is -0.489. The molecular formula is C15H28N2O2. The van der Waals surface area contributed by atoms with Gasteiger partial charge in [-0.05, 0) is 45.6 Å². The lowest BCUT2D eigenvalue weighted by Gasteiger charge is -2.44. The molecule has 1 unspecified atom stereocenters. The highest BCUT2D eigenvalue weighted by Crippen LogP contribution is 2.40. The number of rotatable bonds is 3. The van der Waals surface area contributed by atoms with Crippen molar-refractivity contribution in [1.82, 2.24) is 9.80 Å². The number of hydrogen-bond acceptors (Lipinski definition) is 3. The fourth-order valence-corrected chi connectivity index (χ4v) is 3.56. The summed E-state index contributed by atoms with van der Waals surface area (Å²) in [6.45, 7) is 8.30. The van der Waals surface area contributed by atoms with Crippen LogP contribution >= 0.6 is 0 Å². The summed E-state index contributed by atoms with van der Waals surface area (Å²) in [5, 5.41) is 9.71. The minimum absolute atomic E-state index is 0.467. The van der Waals surface area contributed by atoms with Crippen molar-refractivity contribution in [1.29, 1.82) is 0 Å². The second-order valence-electron chi connectivity index (χ2n) is 6.85. The first-order valence-corrected chi connectivity index (χ1v) is 7.59. The quantitative estimate of drug-likeness (QED) is 0.849. The Morgan fingerprint density at radius 3 is 2.42 bits per heavy atom. The zero-order valence-corrected chi connectivity index (χ0v) is 12.6. The van der Waals surface area contributed by atoms with Gasteiger partial charge in [-0.2, -0.15) is 0 Å². The third-order valence-corrected chi connectivity index (χ3v) is 5.16. The van der Waals surface area contributed by atoms with Crippen LogP contribution in [0.15, 0.2) is 0 Å². The van der Waals surface area contributed by atoms with Crippen LogP contribution in [-0.2, 0) is 4.79 Å². The van der Waals surface area contributed by atoms with Crippen molar-refractivity contribution < 1.29 is 9.90 Å². The number of aliphatic carboxylic acids is 1. The maximum atomic E-state index is 11.8. The van der Waals surface area contributed by atoms with Gasteiger partial charge in [-0.15, -0.1) is 0 Å². The van der Waals surface area contributed by atoms with E-state index < -0.39 is 11.4 Å². The van der Waals surface area contributed by atoms with Crippen LogP contribution < -0.4 is 0 Å². The Labute approximate surface area is 116 Å². The minimum atomic E-state index is -0.578. The van der Waals surface area contributed by atoms with E-state index in [1.54, 1.807) is 0 Å². The van der Waals surface area contributed by atoms with Crippen LogP contribution in [0.4, 0.5) is 0 Å². The zero-order chi connectivity index (χ0) is 14.0. The van der Waals surface area contributed by atoms with Gasteiger partial charge in [0.15, 0.2) is 0 Å². The van der Waals surface area contributed by atoms with Gasteiger partial charge in [0.1, 0.15) is 0 Å². The Balaban J connectivity index is 2.03. The Kier molecular flexibility index (Phi) is 4.51. The summed E-state index contributed by atoms with van der Waals surface area (Å²) < 4.78 is 0. The SMILES string of the molecule is CC1CCC(CN2CCN(C)CC2C)(C(=O)O)CC1. The summed E-state index contributed by atoms with van der Waals surface area (Å²) in [5.74, 6) is 0.114. The summed E-state index contributed by atoms with van der Waals surface area (Å²) in [6, 6.07) is 0.467. The van der Waals surface area contributed by atoms with Gasteiger partial charge in [0.2, 0.25) is 0 Å². The minimum Gasteiger partial charge on any atom is -0.481 e. The van der Waals surface area contributed by atoms with E-state index in [1.807, 2.05) is 0 Å². The number of hydrogen-bond donors (Lipinski definition) is 1. The standard InChI is InChI=1S/C15H28N2O2/c1-12-4-6-15(7-5-12,14(18)19)11-17-9-8-16(3)10-13(17)2/h12-13H,4-11H2,1-3H3,(H,18,19). The van der Waals surface area contributed by atoms with E-state index >= 15 is 0 Å². The molecule has 0 spiro atoms. The number of piperazine rings is 1. The molecule has 2 rings (SSSR count). The third kappa shape index (κ3) is 3.29. The molecule has 4 heteroatoms. The molecular weight excluding hydrogens is 240 g/mol. The summed E-state index contributed by atoms with van der Waals surface area (Å²) in [6.07, 6.45) is 3.83. The fraction of sp³-hybridized carbons (Fsp3) is 0.933. The molecule has 0 aromatic rings. The fourth-order valence-electron chi connectivity index (χ4n) is 3.56. The molecule has 0 bridgehead atoms. The number of nitrogens with zero attached hydrogens (tertiary/aromatic N) is 2. The van der Waals surface area contributed by atoms with Crippen LogP contribution in [-0.4, -0.2) is 60.1 Å². The van der Waals surface area contributed by atoms with E-state index in [0.717, 1.165) is 51.9 Å². The van der Waals surface area contributed by atoms with Gasteiger partial charge >= 0.3 is 5.97 Å². The van der Waals surface area contributed by atoms with E-state index in [-0.39, 0.29) is 0 Å². The van der Waals surface area contributed by atoms with Gasteiger partial charge < -0.3 is 10.0 Å². The Hall–Kier alpha value is -0.610. The zero-order valence-electron chi connectivity index (χ0n) is 12.6. The second kappa shape index (κ2) is 5.80. The van der Waals surface area contributed by atoms with E-state index in [4.69, 9.17) is 0 Å². The average Bonchev–Trinajstić information content (AvgIpc) is 2.35. The molecule has 0 aromatic carbocycles. The lowest BCUT2D eigenvalue weighted by Crippen LogP contribution is -2.55. The lowest BCUT2D eigenvalue weighted by molar-refractivity contribution is -0.154. The van der Waals surface area contributed by atoms with Crippen molar-refractivity contribution in [2.24, 2.45) is 11.3 Å². The smallest absolute Gasteiger partial charge is 0.310 e. The molecule has 1 N–H and O–H groups in total. The van der Waals surface area contributed by atoms with Crippen LogP contribution in [0.25, 0.3) is 0 Å². The molecule has 1 aliphatic heterocycles. The van der Waals surface area contributed by atoms with E-state index in [1.165, 1.54) is 0 Å². The molecule has 0 amide bonds. The highest BCUT2D eigenvalue weighted by Gasteiger charge is 2.43. The predicted octanol–water partition coefficient (Wildman–Crippen LogP) is 1.90. The van der Waals surface area contributed by atoms with Crippen LogP contribution in [0, 0.1) is 11.3 Å². The van der Waals surface area contributed by atoms with E-state index in [9.17, 15) is 9.90 Å². The van der Waals surface area contributed by atoms with Gasteiger partial charge in [-0.25, -0.2) is 0 Å². The highest BCUT2D eigenvalue weighted by atomic mass is 16.4. The molecule has 0 aromatic heterocycles. The van der Waals surface area contributed by atoms with Crippen LogP contribution in [0.3, 0.4) is 0 Å². The van der Waals surface area contributed by atoms with Gasteiger partial charge in [0.05, 0.1) is 5.41 Å². The van der Waals surface area contributed by atoms with Crippen molar-refractivity contribution in [2.45, 2.75) is 45.6 Å². The molecule has 0 radical (unpaired) electrons. The van der Waals surface area contributed by atoms with Crippen molar-refractivity contribution in [3.05, 3.63) is 0 Å². The lowest BCUT2D eigenvalue weighted by atomic mass is 9.70. The number of carboxylic acids is 1. The summed E-state index contributed by atoms with van der Waals surface area (Å²) >= 11 is 0. The maximum Gasteiger partial charge on any atom is 0.310 e. The van der Waals surface area contributed by atoms with Gasteiger partial charge in [0.25, 0.3) is 0 Å². The molecule has 4 nitrogen and oxygen atoms in total. The van der Waals surface area contributed by atoms with E-state index in [2.05, 4.69) is 30.7 Å². The first-order valence-electron chi connectivity index (χ1n) is 7.59. The van der Waals surface area contributed by atoms with E-state index in [0.29, 0.717) is 12.0 Å². The maximum absolute atomic E-state index is 11.8. The van der Waals surface area contributed by atoms with Crippen molar-refractivity contribution in [3.63, 3.8) is 0 Å². The predicted molar refractivity (Wildman–Crippen MR) is 76.2 cm³/mol. The highest BCUT2D eigenvalue weighted by molar-refractivity contribution is 5.75. The molecule has 2 fully saturated rings. The summed E-state index contributed by atoms with van der Waals surface area (Å²) in [4.78, 5) is 16.5. The average molecular weight is 268 g/mol. The third-order valence-electron chi connectivity index (χ3n) is 5.16. The normalized spacial score (nSPS) is 38.3. The molecule has 2 aliphatic rings. The molecule has 19 heavy (non-hydrogen) atoms. The van der Waals surface area contributed by atoms with Crippen molar-refractivity contribution in [2.75, 3.05) is 33.2 Å². The monoisotopic (exact) mass is 268 g/mol. The first-order chi connectivity index (χ1) is 8.93. The molecule has 1 aliphatic carbocycles. The molecule has 1 atom stereocenters. The number of carbonyl (C=O) groups is 1.